The Labute approximate surface area is 278 Å². The summed E-state index contributed by atoms with van der Waals surface area (Å²) in [5.74, 6) is 1.64. The smallest absolute Gasteiger partial charge is 0.0488 e. The van der Waals surface area contributed by atoms with Crippen LogP contribution in [0.25, 0.3) is 23.6 Å². The lowest BCUT2D eigenvalue weighted by Crippen LogP contribution is -2.32. The van der Waals surface area contributed by atoms with Gasteiger partial charge in [0.05, 0.1) is 0 Å². The van der Waals surface area contributed by atoms with Crippen LogP contribution in [-0.2, 0) is 7.05 Å². The summed E-state index contributed by atoms with van der Waals surface area (Å²) < 4.78 is 2.18. The van der Waals surface area contributed by atoms with Gasteiger partial charge in [-0.3, -0.25) is 0 Å². The highest BCUT2D eigenvalue weighted by atomic mass is 15.2. The molecule has 3 heteroatoms. The molecule has 46 heavy (non-hydrogen) atoms. The Morgan fingerprint density at radius 3 is 1.67 bits per heavy atom. The Morgan fingerprint density at radius 1 is 0.630 bits per heavy atom. The molecular formula is C43H57N3. The third-order valence-corrected chi connectivity index (χ3v) is 10.8. The Kier molecular flexibility index (Phi) is 11.5. The molecule has 8 rings (SSSR count). The average molecular weight is 616 g/mol. The summed E-state index contributed by atoms with van der Waals surface area (Å²) in [4.78, 5) is 5.02. The van der Waals surface area contributed by atoms with Gasteiger partial charge in [-0.1, -0.05) is 119 Å². The van der Waals surface area contributed by atoms with E-state index >= 15 is 0 Å². The molecule has 3 aromatic carbocycles. The Hall–Kier alpha value is -3.72. The predicted octanol–water partition coefficient (Wildman–Crippen LogP) is 9.69. The Bertz CT molecular complexity index is 1710. The minimum absolute atomic E-state index is 0.782. The van der Waals surface area contributed by atoms with Gasteiger partial charge in [-0.05, 0) is 68.0 Å². The number of aryl methyl sites for hydroxylation is 1. The third-order valence-electron chi connectivity index (χ3n) is 10.8. The fourth-order valence-electron chi connectivity index (χ4n) is 8.55. The monoisotopic (exact) mass is 615 g/mol. The lowest BCUT2D eigenvalue weighted by molar-refractivity contribution is 0.396. The number of hydrogen-bond donors (Lipinski definition) is 0. The number of fused-ring (bicyclic) bond motifs is 7. The summed E-state index contributed by atoms with van der Waals surface area (Å²) in [6.45, 7) is 10.2. The van der Waals surface area contributed by atoms with Crippen molar-refractivity contribution < 1.29 is 0 Å². The van der Waals surface area contributed by atoms with Gasteiger partial charge >= 0.3 is 0 Å². The number of benzene rings is 3. The molecule has 2 aliphatic heterocycles. The second-order valence-corrected chi connectivity index (χ2v) is 13.2. The van der Waals surface area contributed by atoms with Crippen LogP contribution in [0.15, 0.2) is 84.9 Å². The zero-order chi connectivity index (χ0) is 32.6. The van der Waals surface area contributed by atoms with Crippen molar-refractivity contribution in [3.8, 4) is 0 Å². The molecule has 2 fully saturated rings. The van der Waals surface area contributed by atoms with E-state index in [1.54, 1.807) is 11.1 Å². The predicted molar refractivity (Wildman–Crippen MR) is 203 cm³/mol. The van der Waals surface area contributed by atoms with Crippen molar-refractivity contribution in [2.24, 2.45) is 7.05 Å². The molecule has 0 spiro atoms. The van der Waals surface area contributed by atoms with Gasteiger partial charge in [-0.25, -0.2) is 0 Å². The van der Waals surface area contributed by atoms with Crippen LogP contribution in [0.1, 0.15) is 102 Å². The van der Waals surface area contributed by atoms with Crippen LogP contribution >= 0.6 is 0 Å². The topological polar surface area (TPSA) is 11.4 Å². The van der Waals surface area contributed by atoms with Crippen LogP contribution in [0.4, 0.5) is 11.4 Å². The largest absolute Gasteiger partial charge is 0.371 e. The summed E-state index contributed by atoms with van der Waals surface area (Å²) in [5, 5.41) is 3.51. The summed E-state index contributed by atoms with van der Waals surface area (Å²) in [5.41, 5.74) is 7.39. The minimum atomic E-state index is 0.782. The third kappa shape index (κ3) is 6.70. The van der Waals surface area contributed by atoms with Gasteiger partial charge in [0.25, 0.3) is 0 Å². The maximum absolute atomic E-state index is 4.14. The summed E-state index contributed by atoms with van der Waals surface area (Å²) in [7, 11) is 6.61. The number of nitrogens with zero attached hydrogens (tertiary/aromatic N) is 3. The normalized spacial score (nSPS) is 23.1. The van der Waals surface area contributed by atoms with Gasteiger partial charge in [-0.15, -0.1) is 0 Å². The van der Waals surface area contributed by atoms with Gasteiger partial charge in [0.2, 0.25) is 0 Å². The van der Waals surface area contributed by atoms with E-state index in [-0.39, 0.29) is 0 Å². The second-order valence-electron chi connectivity index (χ2n) is 13.2. The molecule has 0 amide bonds. The molecule has 1 aromatic heterocycles. The fraction of sp³-hybridized carbons (Fsp3) is 0.442. The first-order chi connectivity index (χ1) is 22.5. The number of hydrogen-bond acceptors (Lipinski definition) is 2. The van der Waals surface area contributed by atoms with E-state index < -0.39 is 0 Å². The highest BCUT2D eigenvalue weighted by Crippen LogP contribution is 2.47. The highest BCUT2D eigenvalue weighted by molar-refractivity contribution is 5.81. The van der Waals surface area contributed by atoms with Gasteiger partial charge in [0.15, 0.2) is 0 Å². The molecule has 3 nitrogen and oxygen atoms in total. The van der Waals surface area contributed by atoms with Crippen molar-refractivity contribution in [3.05, 3.63) is 107 Å². The summed E-state index contributed by atoms with van der Waals surface area (Å²) in [6, 6.07) is 27.8. The SMILES string of the molecule is C=c1/c(=C\C=C/C)n(C)c2ccccc12.CC.CN1c2ccccc2C2CCCCC21.CN1c2ccccc2C2CCCCCC21. The summed E-state index contributed by atoms with van der Waals surface area (Å²) in [6.07, 6.45) is 18.8. The Morgan fingerprint density at radius 2 is 1.11 bits per heavy atom. The molecule has 4 aliphatic rings. The Balaban J connectivity index is 0.000000132. The second kappa shape index (κ2) is 15.7. The van der Waals surface area contributed by atoms with E-state index in [4.69, 9.17) is 0 Å². The zero-order valence-corrected chi connectivity index (χ0v) is 29.4. The number of aromatic nitrogens is 1. The number of allylic oxidation sites excluding steroid dienone is 2. The molecule has 4 aromatic rings. The zero-order valence-electron chi connectivity index (χ0n) is 29.4. The first-order valence-electron chi connectivity index (χ1n) is 18.0. The molecule has 2 aliphatic carbocycles. The van der Waals surface area contributed by atoms with E-state index in [9.17, 15) is 0 Å². The van der Waals surface area contributed by atoms with Gasteiger partial charge in [-0.2, -0.15) is 0 Å². The van der Waals surface area contributed by atoms with Crippen molar-refractivity contribution in [2.45, 2.75) is 102 Å². The van der Waals surface area contributed by atoms with Crippen molar-refractivity contribution >= 4 is 34.9 Å². The summed E-state index contributed by atoms with van der Waals surface area (Å²) >= 11 is 0. The molecule has 2 saturated carbocycles. The average Bonchev–Trinajstić information content (AvgIpc) is 3.53. The number of para-hydroxylation sites is 3. The maximum Gasteiger partial charge on any atom is 0.0488 e. The fourth-order valence-corrected chi connectivity index (χ4v) is 8.55. The molecule has 3 heterocycles. The van der Waals surface area contributed by atoms with Crippen molar-refractivity contribution in [2.75, 3.05) is 23.9 Å². The van der Waals surface area contributed by atoms with E-state index in [1.807, 2.05) is 32.9 Å². The van der Waals surface area contributed by atoms with Crippen molar-refractivity contribution in [1.29, 1.82) is 0 Å². The van der Waals surface area contributed by atoms with E-state index in [0.29, 0.717) is 0 Å². The molecule has 0 N–H and O–H groups in total. The van der Waals surface area contributed by atoms with Crippen LogP contribution in [0.3, 0.4) is 0 Å². The van der Waals surface area contributed by atoms with Crippen LogP contribution < -0.4 is 20.4 Å². The molecule has 0 radical (unpaired) electrons. The highest BCUT2D eigenvalue weighted by Gasteiger charge is 2.37. The number of likely N-dealkylation sites (N-methyl/N-ethyl adjacent to an activating group) is 2. The van der Waals surface area contributed by atoms with E-state index in [2.05, 4.69) is 121 Å². The van der Waals surface area contributed by atoms with Crippen LogP contribution in [0.5, 0.6) is 0 Å². The van der Waals surface area contributed by atoms with Gasteiger partial charge in [0, 0.05) is 77.9 Å². The van der Waals surface area contributed by atoms with E-state index in [0.717, 1.165) is 29.1 Å². The van der Waals surface area contributed by atoms with E-state index in [1.165, 1.54) is 85.4 Å². The molecular weight excluding hydrogens is 558 g/mol. The standard InChI is InChI=1S/C14H19N.C14H15N.C13H17N.C2H6/c1-15-13-9-4-2-3-7-11(13)12-8-5-6-10-14(12)15;1-4-5-9-13-11(2)12-8-6-7-10-14(12)15(13)3;1-14-12-8-4-2-6-10(12)11-7-3-5-9-13(11)14;1-2/h5-6,8,10-11,13H,2-4,7,9H2,1H3;4-10H,2H2,1,3H3;2,4,6,8,11,13H,3,5,7,9H2,1H3;1-2H3/b;5-4-,13-9+;;. The molecule has 0 bridgehead atoms. The molecule has 4 atom stereocenters. The lowest BCUT2D eigenvalue weighted by Gasteiger charge is -2.30. The quantitative estimate of drug-likeness (QED) is 0.211. The molecule has 4 unspecified atom stereocenters. The lowest BCUT2D eigenvalue weighted by atomic mass is 9.82. The molecule has 244 valence electrons. The molecule has 0 saturated heterocycles. The van der Waals surface area contributed by atoms with Crippen LogP contribution in [0.2, 0.25) is 0 Å². The number of anilines is 2. The van der Waals surface area contributed by atoms with Crippen molar-refractivity contribution in [3.63, 3.8) is 0 Å². The first-order valence-corrected chi connectivity index (χ1v) is 18.0. The van der Waals surface area contributed by atoms with Crippen molar-refractivity contribution in [1.82, 2.24) is 4.57 Å². The van der Waals surface area contributed by atoms with Crippen LogP contribution in [0, 0.1) is 0 Å². The van der Waals surface area contributed by atoms with Crippen LogP contribution in [-0.4, -0.2) is 30.7 Å². The van der Waals surface area contributed by atoms with Gasteiger partial charge in [0.1, 0.15) is 0 Å². The minimum Gasteiger partial charge on any atom is -0.371 e. The maximum atomic E-state index is 4.14. The first kappa shape index (κ1) is 33.6. The van der Waals surface area contributed by atoms with Gasteiger partial charge < -0.3 is 14.4 Å². The number of rotatable bonds is 1.